The minimum absolute atomic E-state index is 0.750. The van der Waals surface area contributed by atoms with Gasteiger partial charge in [-0.25, -0.2) is 0 Å². The molecule has 2 heterocycles. The zero-order valence-electron chi connectivity index (χ0n) is 12.2. The molecule has 3 nitrogen and oxygen atoms in total. The second-order valence-corrected chi connectivity index (χ2v) is 4.54. The summed E-state index contributed by atoms with van der Waals surface area (Å²) in [5, 5.41) is 2.55. The highest BCUT2D eigenvalue weighted by molar-refractivity contribution is 5.79. The molecule has 0 saturated heterocycles. The summed E-state index contributed by atoms with van der Waals surface area (Å²) in [5.41, 5.74) is 7.26. The number of aromatic amines is 2. The maximum atomic E-state index is 4.85. The summed E-state index contributed by atoms with van der Waals surface area (Å²) in [6.07, 6.45) is 3.90. The van der Waals surface area contributed by atoms with Gasteiger partial charge in [-0.05, 0) is 41.6 Å². The van der Waals surface area contributed by atoms with Gasteiger partial charge < -0.3 is 15.7 Å². The fourth-order valence-corrected chi connectivity index (χ4v) is 1.99. The van der Waals surface area contributed by atoms with E-state index in [1.807, 2.05) is 43.6 Å². The molecule has 0 unspecified atom stereocenters. The van der Waals surface area contributed by atoms with Crippen molar-refractivity contribution in [3.63, 3.8) is 0 Å². The monoisotopic (exact) mass is 279 g/mol. The van der Waals surface area contributed by atoms with Gasteiger partial charge in [-0.3, -0.25) is 0 Å². The van der Waals surface area contributed by atoms with Gasteiger partial charge in [0.05, 0.1) is 0 Å². The van der Waals surface area contributed by atoms with E-state index in [0.29, 0.717) is 0 Å². The third kappa shape index (κ3) is 4.23. The number of rotatable bonds is 0. The van der Waals surface area contributed by atoms with E-state index in [0.717, 1.165) is 6.54 Å². The Morgan fingerprint density at radius 2 is 1.10 bits per heavy atom. The van der Waals surface area contributed by atoms with Gasteiger partial charge in [-0.15, -0.1) is 0 Å². The SMILES string of the molecule is CCN.c1ccc2[nH]ccc2c1.c1ccc2[nH]ccc2c1. The Morgan fingerprint density at radius 1 is 0.714 bits per heavy atom. The highest BCUT2D eigenvalue weighted by Gasteiger charge is 1.87. The smallest absolute Gasteiger partial charge is 0.0453 e. The van der Waals surface area contributed by atoms with Gasteiger partial charge >= 0.3 is 0 Å². The Labute approximate surface area is 124 Å². The van der Waals surface area contributed by atoms with Gasteiger partial charge in [0.25, 0.3) is 0 Å². The lowest BCUT2D eigenvalue weighted by Crippen LogP contribution is -1.87. The van der Waals surface area contributed by atoms with Crippen molar-refractivity contribution in [3.8, 4) is 0 Å². The van der Waals surface area contributed by atoms with Crippen molar-refractivity contribution in [2.45, 2.75) is 6.92 Å². The number of H-pyrrole nitrogens is 2. The molecule has 0 saturated carbocycles. The van der Waals surface area contributed by atoms with Crippen LogP contribution in [0.15, 0.2) is 73.1 Å². The van der Waals surface area contributed by atoms with Crippen LogP contribution in [0.3, 0.4) is 0 Å². The molecule has 0 bridgehead atoms. The van der Waals surface area contributed by atoms with E-state index in [9.17, 15) is 0 Å². The van der Waals surface area contributed by atoms with Crippen LogP contribution in [0.2, 0.25) is 0 Å². The highest BCUT2D eigenvalue weighted by atomic mass is 14.7. The van der Waals surface area contributed by atoms with Crippen molar-refractivity contribution < 1.29 is 0 Å². The average molecular weight is 279 g/mol. The Kier molecular flexibility index (Phi) is 5.61. The van der Waals surface area contributed by atoms with E-state index >= 15 is 0 Å². The van der Waals surface area contributed by atoms with Gasteiger partial charge in [-0.1, -0.05) is 43.3 Å². The van der Waals surface area contributed by atoms with Crippen LogP contribution in [0.1, 0.15) is 6.92 Å². The topological polar surface area (TPSA) is 57.6 Å². The Bertz CT molecular complexity index is 641. The van der Waals surface area contributed by atoms with E-state index in [1.165, 1.54) is 21.8 Å². The quantitative estimate of drug-likeness (QED) is 0.441. The highest BCUT2D eigenvalue weighted by Crippen LogP contribution is 2.09. The van der Waals surface area contributed by atoms with E-state index in [4.69, 9.17) is 5.73 Å². The van der Waals surface area contributed by atoms with Crippen LogP contribution < -0.4 is 5.73 Å². The Hall–Kier alpha value is -2.52. The number of hydrogen-bond acceptors (Lipinski definition) is 1. The predicted octanol–water partition coefficient (Wildman–Crippen LogP) is 4.30. The van der Waals surface area contributed by atoms with Crippen molar-refractivity contribution in [3.05, 3.63) is 73.1 Å². The molecule has 4 N–H and O–H groups in total. The summed E-state index contributed by atoms with van der Waals surface area (Å²) < 4.78 is 0. The maximum Gasteiger partial charge on any atom is 0.0453 e. The van der Waals surface area contributed by atoms with Gasteiger partial charge in [0.15, 0.2) is 0 Å². The molecular formula is C18H21N3. The molecule has 0 aliphatic heterocycles. The number of fused-ring (bicyclic) bond motifs is 2. The molecule has 3 heteroatoms. The lowest BCUT2D eigenvalue weighted by atomic mass is 10.3. The van der Waals surface area contributed by atoms with E-state index < -0.39 is 0 Å². The van der Waals surface area contributed by atoms with Crippen LogP contribution in [-0.4, -0.2) is 16.5 Å². The summed E-state index contributed by atoms with van der Waals surface area (Å²) in [7, 11) is 0. The summed E-state index contributed by atoms with van der Waals surface area (Å²) >= 11 is 0. The molecule has 2 aromatic heterocycles. The van der Waals surface area contributed by atoms with E-state index in [-0.39, 0.29) is 0 Å². The van der Waals surface area contributed by atoms with E-state index in [2.05, 4.69) is 46.4 Å². The summed E-state index contributed by atoms with van der Waals surface area (Å²) in [6.45, 7) is 2.65. The molecule has 0 aliphatic rings. The minimum Gasteiger partial charge on any atom is -0.361 e. The lowest BCUT2D eigenvalue weighted by Gasteiger charge is -1.83. The second-order valence-electron chi connectivity index (χ2n) is 4.54. The Balaban J connectivity index is 0.000000130. The molecule has 4 rings (SSSR count). The molecule has 0 spiro atoms. The molecule has 108 valence electrons. The molecule has 0 fully saturated rings. The van der Waals surface area contributed by atoms with E-state index in [1.54, 1.807) is 0 Å². The largest absolute Gasteiger partial charge is 0.361 e. The predicted molar refractivity (Wildman–Crippen MR) is 91.3 cm³/mol. The molecule has 0 radical (unpaired) electrons. The first-order valence-electron chi connectivity index (χ1n) is 7.09. The van der Waals surface area contributed by atoms with Gasteiger partial charge in [0.2, 0.25) is 0 Å². The number of nitrogens with two attached hydrogens (primary N) is 1. The van der Waals surface area contributed by atoms with Crippen molar-refractivity contribution in [1.82, 2.24) is 9.97 Å². The first-order valence-corrected chi connectivity index (χ1v) is 7.09. The van der Waals surface area contributed by atoms with Crippen molar-refractivity contribution in [2.75, 3.05) is 6.54 Å². The fourth-order valence-electron chi connectivity index (χ4n) is 1.99. The standard InChI is InChI=1S/2C8H7N.C2H7N/c2*1-2-4-8-7(3-1)5-6-9-8;1-2-3/h2*1-6,9H;2-3H2,1H3. The zero-order chi connectivity index (χ0) is 14.9. The normalized spacial score (nSPS) is 9.62. The molecular weight excluding hydrogens is 258 g/mol. The second kappa shape index (κ2) is 7.92. The van der Waals surface area contributed by atoms with Crippen molar-refractivity contribution in [1.29, 1.82) is 0 Å². The van der Waals surface area contributed by atoms with Gasteiger partial charge in [0.1, 0.15) is 0 Å². The van der Waals surface area contributed by atoms with Crippen molar-refractivity contribution in [2.24, 2.45) is 5.73 Å². The summed E-state index contributed by atoms with van der Waals surface area (Å²) in [4.78, 5) is 6.24. The molecule has 0 aliphatic carbocycles. The first-order chi connectivity index (χ1) is 10.3. The minimum atomic E-state index is 0.750. The van der Waals surface area contributed by atoms with Crippen LogP contribution in [0, 0.1) is 0 Å². The summed E-state index contributed by atoms with van der Waals surface area (Å²) in [6, 6.07) is 20.6. The number of nitrogens with one attached hydrogen (secondary N) is 2. The lowest BCUT2D eigenvalue weighted by molar-refractivity contribution is 1.14. The molecule has 2 aromatic carbocycles. The van der Waals surface area contributed by atoms with Crippen LogP contribution in [0.25, 0.3) is 21.8 Å². The molecule has 0 amide bonds. The molecule has 0 atom stereocenters. The van der Waals surface area contributed by atoms with Crippen LogP contribution in [0.4, 0.5) is 0 Å². The van der Waals surface area contributed by atoms with Crippen molar-refractivity contribution >= 4 is 21.8 Å². The maximum absolute atomic E-state index is 4.85. The number of hydrogen-bond donors (Lipinski definition) is 3. The van der Waals surface area contributed by atoms with Crippen LogP contribution in [0.5, 0.6) is 0 Å². The van der Waals surface area contributed by atoms with Gasteiger partial charge in [-0.2, -0.15) is 0 Å². The molecule has 21 heavy (non-hydrogen) atoms. The first kappa shape index (κ1) is 14.9. The van der Waals surface area contributed by atoms with Gasteiger partial charge in [0, 0.05) is 23.4 Å². The third-order valence-electron chi connectivity index (χ3n) is 2.93. The fraction of sp³-hybridized carbons (Fsp3) is 0.111. The number of benzene rings is 2. The third-order valence-corrected chi connectivity index (χ3v) is 2.93. The summed E-state index contributed by atoms with van der Waals surface area (Å²) in [5.74, 6) is 0. The Morgan fingerprint density at radius 3 is 1.48 bits per heavy atom. The van der Waals surface area contributed by atoms with Crippen LogP contribution in [-0.2, 0) is 0 Å². The number of para-hydroxylation sites is 2. The average Bonchev–Trinajstić information content (AvgIpc) is 3.17. The number of aromatic nitrogens is 2. The zero-order valence-corrected chi connectivity index (χ0v) is 12.2. The van der Waals surface area contributed by atoms with Crippen LogP contribution >= 0.6 is 0 Å². The molecule has 4 aromatic rings.